The molecular formula is C9H3ClF6N2O3S. The Morgan fingerprint density at radius 1 is 1.32 bits per heavy atom. The van der Waals surface area contributed by atoms with Crippen LogP contribution in [0.3, 0.4) is 0 Å². The number of amides is 1. The van der Waals surface area contributed by atoms with Crippen LogP contribution in [0, 0.1) is 21.7 Å². The molecule has 0 spiro atoms. The zero-order chi connectivity index (χ0) is 17.4. The molecule has 1 aromatic carbocycles. The number of alkyl halides is 3. The third-order valence-electron chi connectivity index (χ3n) is 2.10. The third-order valence-corrected chi connectivity index (χ3v) is 3.39. The van der Waals surface area contributed by atoms with Crippen LogP contribution >= 0.6 is 23.4 Å². The van der Waals surface area contributed by atoms with E-state index >= 15 is 0 Å². The molecule has 22 heavy (non-hydrogen) atoms. The predicted octanol–water partition coefficient (Wildman–Crippen LogP) is 4.38. The van der Waals surface area contributed by atoms with Crippen molar-refractivity contribution in [1.82, 2.24) is 0 Å². The number of nitrogens with zero attached hydrogens (tertiary/aromatic N) is 2. The van der Waals surface area contributed by atoms with Gasteiger partial charge in [0.15, 0.2) is 11.5 Å². The van der Waals surface area contributed by atoms with Crippen LogP contribution in [-0.2, 0) is 4.79 Å². The number of nitro groups is 1. The molecular weight excluding hydrogens is 366 g/mol. The molecule has 0 saturated carbocycles. The van der Waals surface area contributed by atoms with Crippen LogP contribution < -0.4 is 5.12 Å². The highest BCUT2D eigenvalue weighted by Crippen LogP contribution is 2.48. The summed E-state index contributed by atoms with van der Waals surface area (Å²) < 4.78 is 78.1. The Hall–Kier alpha value is -1.69. The van der Waals surface area contributed by atoms with Gasteiger partial charge in [-0.2, -0.15) is 17.6 Å². The lowest BCUT2D eigenvalue weighted by atomic mass is 10.2. The lowest BCUT2D eigenvalue weighted by Gasteiger charge is -2.16. The van der Waals surface area contributed by atoms with Crippen molar-refractivity contribution in [2.24, 2.45) is 0 Å². The van der Waals surface area contributed by atoms with Crippen molar-refractivity contribution in [3.63, 3.8) is 0 Å². The second-order valence-corrected chi connectivity index (χ2v) is 5.03. The summed E-state index contributed by atoms with van der Waals surface area (Å²) in [6.45, 7) is 0.492. The molecule has 0 aliphatic rings. The van der Waals surface area contributed by atoms with Gasteiger partial charge in [-0.25, -0.2) is 4.39 Å². The lowest BCUT2D eigenvalue weighted by molar-refractivity contribution is -0.387. The van der Waals surface area contributed by atoms with Crippen molar-refractivity contribution in [3.05, 3.63) is 26.8 Å². The Balaban J connectivity index is 3.79. The van der Waals surface area contributed by atoms with Crippen LogP contribution in [0.5, 0.6) is 0 Å². The van der Waals surface area contributed by atoms with E-state index in [-0.39, 0.29) is 0 Å². The van der Waals surface area contributed by atoms with Gasteiger partial charge in [-0.15, -0.1) is 5.12 Å². The summed E-state index contributed by atoms with van der Waals surface area (Å²) in [5, 5.41) is 7.96. The van der Waals surface area contributed by atoms with Crippen LogP contribution in [0.2, 0.25) is 5.02 Å². The second-order valence-electron chi connectivity index (χ2n) is 3.57. The lowest BCUT2D eigenvalue weighted by Crippen LogP contribution is -2.22. The Morgan fingerprint density at radius 3 is 2.18 bits per heavy atom. The fourth-order valence-corrected chi connectivity index (χ4v) is 2.21. The topological polar surface area (TPSA) is 63.5 Å². The largest absolute Gasteiger partial charge is 0.446 e. The number of benzene rings is 1. The van der Waals surface area contributed by atoms with Gasteiger partial charge in [0.05, 0.1) is 9.82 Å². The number of nitro benzene ring substituents is 1. The first-order chi connectivity index (χ1) is 9.88. The Bertz CT molecular complexity index is 653. The number of hydrogen-bond donors (Lipinski definition) is 0. The first-order valence-electron chi connectivity index (χ1n) is 4.95. The molecule has 122 valence electrons. The minimum Gasteiger partial charge on any atom is -0.272 e. The zero-order valence-corrected chi connectivity index (χ0v) is 11.7. The number of carbonyl (C=O) groups is 1. The summed E-state index contributed by atoms with van der Waals surface area (Å²) in [4.78, 5) is 18.3. The Labute approximate surface area is 126 Å². The highest BCUT2D eigenvalue weighted by molar-refractivity contribution is 8.00. The third kappa shape index (κ3) is 3.55. The van der Waals surface area contributed by atoms with Gasteiger partial charge in [0.25, 0.3) is 5.91 Å². The molecule has 0 fully saturated rings. The predicted molar refractivity (Wildman–Crippen MR) is 64.2 cm³/mol. The quantitative estimate of drug-likeness (QED) is 0.198. The van der Waals surface area contributed by atoms with Crippen molar-refractivity contribution in [2.45, 2.75) is 17.3 Å². The van der Waals surface area contributed by atoms with E-state index in [4.69, 9.17) is 11.6 Å². The first kappa shape index (κ1) is 18.4. The van der Waals surface area contributed by atoms with E-state index in [1.54, 1.807) is 0 Å². The van der Waals surface area contributed by atoms with E-state index in [1.807, 2.05) is 0 Å². The molecule has 0 atom stereocenters. The summed E-state index contributed by atoms with van der Waals surface area (Å²) in [5.74, 6) is -5.90. The summed E-state index contributed by atoms with van der Waals surface area (Å²) in [6.07, 6.45) is 0. The number of carbonyl (C=O) groups excluding carboxylic acids is 1. The normalized spacial score (nSPS) is 11.5. The van der Waals surface area contributed by atoms with Gasteiger partial charge in [0.2, 0.25) is 5.82 Å². The highest BCUT2D eigenvalue weighted by atomic mass is 35.5. The molecule has 1 amide bonds. The minimum absolute atomic E-state index is 0.492. The summed E-state index contributed by atoms with van der Waals surface area (Å²) in [7, 11) is 0. The van der Waals surface area contributed by atoms with Crippen molar-refractivity contribution >= 4 is 40.6 Å². The van der Waals surface area contributed by atoms with Gasteiger partial charge in [0, 0.05) is 6.92 Å². The molecule has 0 bridgehead atoms. The molecule has 0 unspecified atom stereocenters. The van der Waals surface area contributed by atoms with Gasteiger partial charge in [-0.05, 0) is 11.8 Å². The van der Waals surface area contributed by atoms with Gasteiger partial charge in [-0.3, -0.25) is 14.9 Å². The fourth-order valence-electron chi connectivity index (χ4n) is 1.32. The van der Waals surface area contributed by atoms with Crippen LogP contribution in [0.25, 0.3) is 0 Å². The van der Waals surface area contributed by atoms with E-state index in [9.17, 15) is 41.3 Å². The number of rotatable bonds is 3. The molecule has 1 aromatic rings. The van der Waals surface area contributed by atoms with E-state index in [0.29, 0.717) is 6.92 Å². The van der Waals surface area contributed by atoms with Crippen LogP contribution in [0.4, 0.5) is 37.8 Å². The average molecular weight is 369 g/mol. The second kappa shape index (κ2) is 6.20. The highest BCUT2D eigenvalue weighted by Gasteiger charge is 2.40. The zero-order valence-electron chi connectivity index (χ0n) is 10.2. The average Bonchev–Trinajstić information content (AvgIpc) is 2.36. The number of hydrogen-bond acceptors (Lipinski definition) is 4. The maximum atomic E-state index is 14.0. The van der Waals surface area contributed by atoms with E-state index in [2.05, 4.69) is 0 Å². The SMILES string of the molecule is CC(=O)N(F)c1c(F)c(SC(F)(F)F)c(Cl)c(F)c1[N+](=O)[O-]. The summed E-state index contributed by atoms with van der Waals surface area (Å²) in [6, 6.07) is 0. The minimum atomic E-state index is -5.14. The molecule has 0 aliphatic heterocycles. The van der Waals surface area contributed by atoms with E-state index in [1.165, 1.54) is 0 Å². The van der Waals surface area contributed by atoms with Crippen molar-refractivity contribution < 1.29 is 36.2 Å². The molecule has 0 saturated heterocycles. The number of halogens is 7. The molecule has 0 radical (unpaired) electrons. The van der Waals surface area contributed by atoms with Gasteiger partial charge in [0.1, 0.15) is 5.02 Å². The molecule has 0 aromatic heterocycles. The maximum Gasteiger partial charge on any atom is 0.446 e. The van der Waals surface area contributed by atoms with Crippen LogP contribution in [0.1, 0.15) is 6.92 Å². The summed E-state index contributed by atoms with van der Waals surface area (Å²) in [5.41, 5.74) is -8.93. The van der Waals surface area contributed by atoms with E-state index in [0.717, 1.165) is 0 Å². The number of thioether (sulfide) groups is 1. The summed E-state index contributed by atoms with van der Waals surface area (Å²) >= 11 is 3.90. The number of anilines is 1. The fraction of sp³-hybridized carbons (Fsp3) is 0.222. The van der Waals surface area contributed by atoms with E-state index < -0.39 is 66.2 Å². The van der Waals surface area contributed by atoms with Crippen molar-refractivity contribution in [1.29, 1.82) is 0 Å². The first-order valence-corrected chi connectivity index (χ1v) is 6.15. The molecule has 1 rings (SSSR count). The molecule has 13 heteroatoms. The molecule has 0 aliphatic carbocycles. The standard InChI is InChI=1S/C9H3ClF6N2O3S/c1-2(19)17(16)6-5(12)8(22-9(13,14)15)3(10)4(11)7(6)18(20)21/h1H3. The van der Waals surface area contributed by atoms with Gasteiger partial charge < -0.3 is 0 Å². The Kier molecular flexibility index (Phi) is 5.18. The molecule has 0 N–H and O–H groups in total. The van der Waals surface area contributed by atoms with Crippen molar-refractivity contribution in [2.75, 3.05) is 5.12 Å². The van der Waals surface area contributed by atoms with Gasteiger partial charge >= 0.3 is 11.2 Å². The monoisotopic (exact) mass is 368 g/mol. The van der Waals surface area contributed by atoms with Crippen molar-refractivity contribution in [3.8, 4) is 0 Å². The molecule has 0 heterocycles. The van der Waals surface area contributed by atoms with Crippen LogP contribution in [-0.4, -0.2) is 16.3 Å². The maximum absolute atomic E-state index is 14.0. The van der Waals surface area contributed by atoms with Crippen LogP contribution in [0.15, 0.2) is 4.90 Å². The Morgan fingerprint density at radius 2 is 1.82 bits per heavy atom. The molecule has 5 nitrogen and oxygen atoms in total. The van der Waals surface area contributed by atoms with Gasteiger partial charge in [-0.1, -0.05) is 16.1 Å². The smallest absolute Gasteiger partial charge is 0.272 e.